The van der Waals surface area contributed by atoms with E-state index in [1.54, 1.807) is 0 Å². The lowest BCUT2D eigenvalue weighted by atomic mass is 10.3. The van der Waals surface area contributed by atoms with E-state index in [0.29, 0.717) is 25.8 Å². The summed E-state index contributed by atoms with van der Waals surface area (Å²) in [5, 5.41) is 3.05. The zero-order valence-electron chi connectivity index (χ0n) is 8.48. The van der Waals surface area contributed by atoms with Gasteiger partial charge < -0.3 is 14.8 Å². The summed E-state index contributed by atoms with van der Waals surface area (Å²) in [4.78, 5) is 4.11. The number of hydrogen-bond acceptors (Lipinski definition) is 4. The maximum atomic E-state index is 5.49. The van der Waals surface area contributed by atoms with Crippen molar-refractivity contribution in [2.24, 2.45) is 4.99 Å². The highest BCUT2D eigenvalue weighted by molar-refractivity contribution is 5.74. The van der Waals surface area contributed by atoms with Gasteiger partial charge in [0.1, 0.15) is 19.0 Å². The Morgan fingerprint density at radius 1 is 1.33 bits per heavy atom. The highest BCUT2D eigenvalue weighted by Gasteiger charge is 2.04. The van der Waals surface area contributed by atoms with Crippen LogP contribution in [-0.2, 0) is 4.74 Å². The fourth-order valence-corrected chi connectivity index (χ4v) is 1.29. The molecule has 0 unspecified atom stereocenters. The van der Waals surface area contributed by atoms with Crippen LogP contribution in [0.15, 0.2) is 35.3 Å². The second kappa shape index (κ2) is 5.24. The Morgan fingerprint density at radius 3 is 2.93 bits per heavy atom. The molecule has 1 aromatic rings. The Morgan fingerprint density at radius 2 is 2.20 bits per heavy atom. The molecule has 15 heavy (non-hydrogen) atoms. The van der Waals surface area contributed by atoms with Crippen LogP contribution in [0.4, 0.5) is 0 Å². The fourth-order valence-electron chi connectivity index (χ4n) is 1.29. The van der Waals surface area contributed by atoms with Crippen LogP contribution in [0.3, 0.4) is 0 Å². The molecule has 0 aromatic heterocycles. The Labute approximate surface area is 88.9 Å². The second-order valence-electron chi connectivity index (χ2n) is 3.12. The van der Waals surface area contributed by atoms with Gasteiger partial charge in [0.25, 0.3) is 6.02 Å². The predicted octanol–water partition coefficient (Wildman–Crippen LogP) is 1.04. The van der Waals surface area contributed by atoms with Crippen LogP contribution in [0.5, 0.6) is 5.75 Å². The van der Waals surface area contributed by atoms with Gasteiger partial charge in [-0.2, -0.15) is 0 Å². The molecule has 0 radical (unpaired) electrons. The zero-order valence-corrected chi connectivity index (χ0v) is 8.48. The monoisotopic (exact) mass is 206 g/mol. The van der Waals surface area contributed by atoms with Crippen molar-refractivity contribution in [2.45, 2.75) is 0 Å². The van der Waals surface area contributed by atoms with Gasteiger partial charge in [-0.05, 0) is 12.1 Å². The number of nitrogens with one attached hydrogen (secondary N) is 1. The minimum atomic E-state index is 0.604. The molecular formula is C11H14N2O2. The van der Waals surface area contributed by atoms with Crippen LogP contribution >= 0.6 is 0 Å². The largest absolute Gasteiger partial charge is 0.492 e. The molecule has 0 bridgehead atoms. The van der Waals surface area contributed by atoms with Crippen molar-refractivity contribution in [2.75, 3.05) is 26.3 Å². The van der Waals surface area contributed by atoms with Crippen molar-refractivity contribution in [3.05, 3.63) is 30.3 Å². The van der Waals surface area contributed by atoms with Crippen molar-refractivity contribution in [3.63, 3.8) is 0 Å². The number of ether oxygens (including phenoxy) is 2. The van der Waals surface area contributed by atoms with Crippen LogP contribution in [-0.4, -0.2) is 32.3 Å². The molecule has 80 valence electrons. The highest BCUT2D eigenvalue weighted by atomic mass is 16.5. The van der Waals surface area contributed by atoms with Gasteiger partial charge in [0.2, 0.25) is 0 Å². The number of rotatable bonds is 4. The Kier molecular flexibility index (Phi) is 3.43. The van der Waals surface area contributed by atoms with Gasteiger partial charge in [-0.15, -0.1) is 0 Å². The summed E-state index contributed by atoms with van der Waals surface area (Å²) in [6.07, 6.45) is 0. The molecule has 0 saturated heterocycles. The standard InChI is InChI=1S/C11H14N2O2/c1-2-4-10(5-3-1)14-8-6-12-11-13-7-9-15-11/h1-5H,6-9H2,(H,12,13). The average molecular weight is 206 g/mol. The topological polar surface area (TPSA) is 42.8 Å². The van der Waals surface area contributed by atoms with Crippen LogP contribution in [0, 0.1) is 0 Å². The summed E-state index contributed by atoms with van der Waals surface area (Å²) in [7, 11) is 0. The van der Waals surface area contributed by atoms with Gasteiger partial charge in [0.15, 0.2) is 0 Å². The lowest BCUT2D eigenvalue weighted by Gasteiger charge is -2.07. The maximum absolute atomic E-state index is 5.49. The van der Waals surface area contributed by atoms with Crippen LogP contribution in [0.25, 0.3) is 0 Å². The van der Waals surface area contributed by atoms with E-state index in [-0.39, 0.29) is 0 Å². The molecule has 0 saturated carbocycles. The van der Waals surface area contributed by atoms with E-state index in [4.69, 9.17) is 9.47 Å². The van der Waals surface area contributed by atoms with E-state index in [2.05, 4.69) is 10.3 Å². The third kappa shape index (κ3) is 3.16. The quantitative estimate of drug-likeness (QED) is 0.748. The normalized spacial score (nSPS) is 14.3. The highest BCUT2D eigenvalue weighted by Crippen LogP contribution is 2.07. The van der Waals surface area contributed by atoms with Gasteiger partial charge in [0, 0.05) is 0 Å². The van der Waals surface area contributed by atoms with E-state index < -0.39 is 0 Å². The van der Waals surface area contributed by atoms with Crippen LogP contribution in [0.1, 0.15) is 0 Å². The predicted molar refractivity (Wildman–Crippen MR) is 58.2 cm³/mol. The summed E-state index contributed by atoms with van der Waals surface area (Å²) >= 11 is 0. The van der Waals surface area contributed by atoms with E-state index in [0.717, 1.165) is 12.3 Å². The molecule has 1 aliphatic heterocycles. The summed E-state index contributed by atoms with van der Waals surface area (Å²) in [5.41, 5.74) is 0. The minimum Gasteiger partial charge on any atom is -0.492 e. The summed E-state index contributed by atoms with van der Waals surface area (Å²) in [6, 6.07) is 10.4. The number of hydrogen-bond donors (Lipinski definition) is 1. The van der Waals surface area contributed by atoms with E-state index in [9.17, 15) is 0 Å². The van der Waals surface area contributed by atoms with Crippen molar-refractivity contribution in [3.8, 4) is 5.75 Å². The number of aliphatic imine (C=N–C) groups is 1. The molecular weight excluding hydrogens is 192 g/mol. The molecule has 0 spiro atoms. The summed E-state index contributed by atoms with van der Waals surface area (Å²) < 4.78 is 10.7. The maximum Gasteiger partial charge on any atom is 0.284 e. The van der Waals surface area contributed by atoms with E-state index in [1.165, 1.54) is 0 Å². The summed E-state index contributed by atoms with van der Waals surface area (Å²) in [5.74, 6) is 0.883. The van der Waals surface area contributed by atoms with Gasteiger partial charge in [-0.3, -0.25) is 0 Å². The van der Waals surface area contributed by atoms with Crippen LogP contribution < -0.4 is 10.1 Å². The SMILES string of the molecule is c1ccc(OCCNC2=NCCO2)cc1. The molecule has 1 N–H and O–H groups in total. The molecule has 4 nitrogen and oxygen atoms in total. The second-order valence-corrected chi connectivity index (χ2v) is 3.12. The molecule has 1 aliphatic rings. The Hall–Kier alpha value is -1.71. The van der Waals surface area contributed by atoms with Gasteiger partial charge >= 0.3 is 0 Å². The fraction of sp³-hybridized carbons (Fsp3) is 0.364. The van der Waals surface area contributed by atoms with Gasteiger partial charge in [0.05, 0.1) is 13.1 Å². The third-order valence-corrected chi connectivity index (χ3v) is 1.98. The first-order chi connectivity index (χ1) is 7.45. The number of amidine groups is 1. The van der Waals surface area contributed by atoms with Crippen LogP contribution in [0.2, 0.25) is 0 Å². The van der Waals surface area contributed by atoms with Gasteiger partial charge in [-0.25, -0.2) is 4.99 Å². The Balaban J connectivity index is 1.63. The molecule has 0 atom stereocenters. The molecule has 4 heteroatoms. The molecule has 1 aromatic carbocycles. The lowest BCUT2D eigenvalue weighted by Crippen LogP contribution is -2.28. The van der Waals surface area contributed by atoms with E-state index in [1.807, 2.05) is 30.3 Å². The first kappa shape index (κ1) is 9.83. The zero-order chi connectivity index (χ0) is 10.3. The average Bonchev–Trinajstić information content (AvgIpc) is 2.79. The van der Waals surface area contributed by atoms with Crippen molar-refractivity contribution >= 4 is 6.02 Å². The first-order valence-corrected chi connectivity index (χ1v) is 5.04. The molecule has 1 heterocycles. The molecule has 0 aliphatic carbocycles. The minimum absolute atomic E-state index is 0.604. The smallest absolute Gasteiger partial charge is 0.284 e. The van der Waals surface area contributed by atoms with E-state index >= 15 is 0 Å². The molecule has 2 rings (SSSR count). The number of para-hydroxylation sites is 1. The lowest BCUT2D eigenvalue weighted by molar-refractivity contribution is 0.302. The summed E-state index contributed by atoms with van der Waals surface area (Å²) in [6.45, 7) is 2.74. The van der Waals surface area contributed by atoms with Gasteiger partial charge in [-0.1, -0.05) is 18.2 Å². The first-order valence-electron chi connectivity index (χ1n) is 5.04. The van der Waals surface area contributed by atoms with Crippen molar-refractivity contribution < 1.29 is 9.47 Å². The number of benzene rings is 1. The van der Waals surface area contributed by atoms with Crippen molar-refractivity contribution in [1.82, 2.24) is 5.32 Å². The number of nitrogens with zero attached hydrogens (tertiary/aromatic N) is 1. The Bertz CT molecular complexity index is 325. The molecule has 0 amide bonds. The van der Waals surface area contributed by atoms with Crippen molar-refractivity contribution in [1.29, 1.82) is 0 Å². The third-order valence-electron chi connectivity index (χ3n) is 1.98. The molecule has 0 fully saturated rings.